The third-order valence-corrected chi connectivity index (χ3v) is 6.72. The summed E-state index contributed by atoms with van der Waals surface area (Å²) in [5.74, 6) is 0.241. The zero-order chi connectivity index (χ0) is 27.1. The Morgan fingerprint density at radius 3 is 2.49 bits per heavy atom. The summed E-state index contributed by atoms with van der Waals surface area (Å²) in [6, 6.07) is 13.7. The second-order valence-electron chi connectivity index (χ2n) is 9.09. The molecule has 1 aromatic carbocycles. The summed E-state index contributed by atoms with van der Waals surface area (Å²) < 4.78 is 44.1. The van der Waals surface area contributed by atoms with Crippen LogP contribution in [0.5, 0.6) is 0 Å². The van der Waals surface area contributed by atoms with E-state index in [4.69, 9.17) is 11.6 Å². The van der Waals surface area contributed by atoms with E-state index >= 15 is 0 Å². The van der Waals surface area contributed by atoms with Crippen LogP contribution in [0.4, 0.5) is 24.7 Å². The molecule has 1 aliphatic heterocycles. The number of hydrogen-bond donors (Lipinski definition) is 1. The largest absolute Gasteiger partial charge is 0.418 e. The second-order valence-corrected chi connectivity index (χ2v) is 9.09. The summed E-state index contributed by atoms with van der Waals surface area (Å²) in [6.45, 7) is 9.17. The molecule has 0 radical (unpaired) electrons. The highest BCUT2D eigenvalue weighted by molar-refractivity contribution is 6.02. The summed E-state index contributed by atoms with van der Waals surface area (Å²) in [7, 11) is 0. The van der Waals surface area contributed by atoms with Gasteiger partial charge in [-0.15, -0.1) is 4.98 Å². The van der Waals surface area contributed by atoms with Crippen LogP contribution in [0.1, 0.15) is 5.56 Å². The molecule has 6 rings (SSSR count). The molecule has 0 unspecified atom stereocenters. The number of halogens is 3. The number of aromatic nitrogens is 4. The zero-order valence-electron chi connectivity index (χ0n) is 20.4. The quantitative estimate of drug-likeness (QED) is 0.264. The van der Waals surface area contributed by atoms with Crippen LogP contribution in [0.3, 0.4) is 0 Å². The molecule has 0 spiro atoms. The SMILES string of the molecule is [C-]#[N+]c1ccc(-c2ccc3ncc4ccc(=O)n(-c5ccc(N6CCNCC6)c(C(F)(F)F)c5)c4c3n2)cn1. The Morgan fingerprint density at radius 1 is 0.949 bits per heavy atom. The lowest BCUT2D eigenvalue weighted by atomic mass is 10.1. The Bertz CT molecular complexity index is 1820. The van der Waals surface area contributed by atoms with Gasteiger partial charge in [0.2, 0.25) is 0 Å². The highest BCUT2D eigenvalue weighted by atomic mass is 19.4. The normalized spacial score (nSPS) is 14.1. The van der Waals surface area contributed by atoms with Crippen LogP contribution in [-0.4, -0.2) is 45.7 Å². The molecule has 1 N–H and O–H groups in total. The molecule has 0 amide bonds. The van der Waals surface area contributed by atoms with Crippen LogP contribution in [0, 0.1) is 6.57 Å². The van der Waals surface area contributed by atoms with E-state index in [9.17, 15) is 18.0 Å². The summed E-state index contributed by atoms with van der Waals surface area (Å²) in [4.78, 5) is 31.5. The van der Waals surface area contributed by atoms with Gasteiger partial charge in [-0.1, -0.05) is 12.6 Å². The Labute approximate surface area is 220 Å². The lowest BCUT2D eigenvalue weighted by Crippen LogP contribution is -2.44. The molecular formula is C28H20F3N7O. The number of benzene rings is 1. The summed E-state index contributed by atoms with van der Waals surface area (Å²) in [5, 5.41) is 3.70. The van der Waals surface area contributed by atoms with Gasteiger partial charge >= 0.3 is 6.18 Å². The monoisotopic (exact) mass is 527 g/mol. The van der Waals surface area contributed by atoms with Crippen molar-refractivity contribution in [2.24, 2.45) is 0 Å². The molecule has 1 saturated heterocycles. The highest BCUT2D eigenvalue weighted by Crippen LogP contribution is 2.38. The van der Waals surface area contributed by atoms with Gasteiger partial charge in [0.15, 0.2) is 0 Å². The average molecular weight is 528 g/mol. The van der Waals surface area contributed by atoms with Crippen molar-refractivity contribution < 1.29 is 13.2 Å². The first-order valence-corrected chi connectivity index (χ1v) is 12.2. The van der Waals surface area contributed by atoms with Gasteiger partial charge in [0.1, 0.15) is 11.7 Å². The van der Waals surface area contributed by atoms with E-state index in [1.165, 1.54) is 29.0 Å². The van der Waals surface area contributed by atoms with Gasteiger partial charge in [-0.2, -0.15) is 13.2 Å². The van der Waals surface area contributed by atoms with Gasteiger partial charge in [0.25, 0.3) is 11.4 Å². The maximum absolute atomic E-state index is 14.3. The molecule has 5 heterocycles. The lowest BCUT2D eigenvalue weighted by molar-refractivity contribution is -0.137. The van der Waals surface area contributed by atoms with Crippen LogP contribution >= 0.6 is 0 Å². The van der Waals surface area contributed by atoms with Crippen molar-refractivity contribution in [3.63, 3.8) is 0 Å². The van der Waals surface area contributed by atoms with Crippen LogP contribution in [0.25, 0.3) is 43.7 Å². The number of fused-ring (bicyclic) bond motifs is 3. The molecule has 8 nitrogen and oxygen atoms in total. The van der Waals surface area contributed by atoms with E-state index in [1.54, 1.807) is 41.4 Å². The first-order valence-electron chi connectivity index (χ1n) is 12.2. The Hall–Kier alpha value is -4.82. The van der Waals surface area contributed by atoms with Crippen molar-refractivity contribution in [1.82, 2.24) is 24.8 Å². The average Bonchev–Trinajstić information content (AvgIpc) is 2.96. The second kappa shape index (κ2) is 9.49. The number of anilines is 1. The summed E-state index contributed by atoms with van der Waals surface area (Å²) >= 11 is 0. The molecule has 0 aliphatic carbocycles. The zero-order valence-corrected chi connectivity index (χ0v) is 20.4. The van der Waals surface area contributed by atoms with Gasteiger partial charge in [-0.3, -0.25) is 14.3 Å². The third-order valence-electron chi connectivity index (χ3n) is 6.72. The van der Waals surface area contributed by atoms with Crippen molar-refractivity contribution in [2.45, 2.75) is 6.18 Å². The molecule has 11 heteroatoms. The van der Waals surface area contributed by atoms with Crippen LogP contribution < -0.4 is 15.8 Å². The number of nitrogens with zero attached hydrogens (tertiary/aromatic N) is 6. The number of alkyl halides is 3. The van der Waals surface area contributed by atoms with E-state index in [1.807, 2.05) is 0 Å². The molecule has 5 aromatic rings. The van der Waals surface area contributed by atoms with E-state index < -0.39 is 17.3 Å². The first-order chi connectivity index (χ1) is 18.8. The van der Waals surface area contributed by atoms with Crippen molar-refractivity contribution >= 4 is 33.4 Å². The Balaban J connectivity index is 1.58. The standard InChI is InChI=1S/C28H20F3N7O/c1-32-24-8-2-17(15-35-24)21-5-6-22-26(36-21)27-18(16-34-22)3-9-25(39)38(27)19-4-7-23(20(14-19)28(29,30)31)37-12-10-33-11-13-37/h2-9,14-16,33H,10-13H2. The molecular weight excluding hydrogens is 507 g/mol. The van der Waals surface area contributed by atoms with E-state index in [0.29, 0.717) is 59.4 Å². The molecule has 0 saturated carbocycles. The fraction of sp³-hybridized carbons (Fsp3) is 0.179. The Kier molecular flexibility index (Phi) is 5.96. The van der Waals surface area contributed by atoms with E-state index in [0.717, 1.165) is 6.07 Å². The maximum Gasteiger partial charge on any atom is 0.418 e. The number of hydrogen-bond acceptors (Lipinski definition) is 6. The Morgan fingerprint density at radius 2 is 1.77 bits per heavy atom. The van der Waals surface area contributed by atoms with E-state index in [2.05, 4.69) is 20.1 Å². The molecule has 0 bridgehead atoms. The van der Waals surface area contributed by atoms with Crippen LogP contribution in [0.2, 0.25) is 0 Å². The predicted octanol–water partition coefficient (Wildman–Crippen LogP) is 4.98. The fourth-order valence-corrected chi connectivity index (χ4v) is 4.86. The van der Waals surface area contributed by atoms with Crippen LogP contribution in [0.15, 0.2) is 71.8 Å². The maximum atomic E-state index is 14.3. The van der Waals surface area contributed by atoms with Crippen molar-refractivity contribution in [3.8, 4) is 16.9 Å². The predicted molar refractivity (Wildman–Crippen MR) is 142 cm³/mol. The number of nitrogens with one attached hydrogen (secondary N) is 1. The number of pyridine rings is 4. The molecule has 1 aliphatic rings. The van der Waals surface area contributed by atoms with Gasteiger partial charge in [0.05, 0.1) is 28.0 Å². The first kappa shape index (κ1) is 24.5. The summed E-state index contributed by atoms with van der Waals surface area (Å²) in [5.41, 5.74) is 1.23. The topological polar surface area (TPSA) is 80.3 Å². The molecule has 39 heavy (non-hydrogen) atoms. The minimum atomic E-state index is -4.62. The van der Waals surface area contributed by atoms with Crippen molar-refractivity contribution in [2.75, 3.05) is 31.1 Å². The minimum absolute atomic E-state index is 0.0830. The van der Waals surface area contributed by atoms with Gasteiger partial charge in [0, 0.05) is 55.1 Å². The number of rotatable bonds is 3. The smallest absolute Gasteiger partial charge is 0.368 e. The van der Waals surface area contributed by atoms with Crippen LogP contribution in [-0.2, 0) is 6.18 Å². The van der Waals surface area contributed by atoms with Crippen molar-refractivity contribution in [3.05, 3.63) is 94.3 Å². The van der Waals surface area contributed by atoms with Gasteiger partial charge < -0.3 is 15.1 Å². The molecule has 1 fully saturated rings. The molecule has 4 aromatic heterocycles. The van der Waals surface area contributed by atoms with Gasteiger partial charge in [-0.05, 0) is 42.5 Å². The van der Waals surface area contributed by atoms with Crippen molar-refractivity contribution in [1.29, 1.82) is 0 Å². The fourth-order valence-electron chi connectivity index (χ4n) is 4.86. The third kappa shape index (κ3) is 4.45. The number of piperazine rings is 1. The molecule has 194 valence electrons. The van der Waals surface area contributed by atoms with E-state index in [-0.39, 0.29) is 17.2 Å². The van der Waals surface area contributed by atoms with Gasteiger partial charge in [-0.25, -0.2) is 4.98 Å². The minimum Gasteiger partial charge on any atom is -0.368 e. The highest BCUT2D eigenvalue weighted by Gasteiger charge is 2.36. The molecule has 0 atom stereocenters. The summed E-state index contributed by atoms with van der Waals surface area (Å²) in [6.07, 6.45) is -1.53. The lowest BCUT2D eigenvalue weighted by Gasteiger charge is -2.31.